The van der Waals surface area contributed by atoms with E-state index in [-0.39, 0.29) is 0 Å². The molecule has 0 aromatic carbocycles. The Kier molecular flexibility index (Phi) is 2.12. The van der Waals surface area contributed by atoms with Gasteiger partial charge < -0.3 is 9.47 Å². The molecule has 0 fully saturated rings. The molecule has 2 rings (SSSR count). The van der Waals surface area contributed by atoms with Crippen molar-refractivity contribution in [3.8, 4) is 5.75 Å². The van der Waals surface area contributed by atoms with Crippen LogP contribution in [0.3, 0.4) is 0 Å². The van der Waals surface area contributed by atoms with E-state index >= 15 is 0 Å². The SMILES string of the molecule is COc1cccnc1C1=NCCO1. The molecular formula is C9H10N2O2. The molecule has 0 N–H and O–H groups in total. The highest BCUT2D eigenvalue weighted by molar-refractivity contribution is 5.95. The first kappa shape index (κ1) is 8.04. The van der Waals surface area contributed by atoms with Crippen molar-refractivity contribution in [2.75, 3.05) is 20.3 Å². The first-order valence-corrected chi connectivity index (χ1v) is 4.08. The highest BCUT2D eigenvalue weighted by Gasteiger charge is 2.15. The zero-order valence-electron chi connectivity index (χ0n) is 7.36. The zero-order chi connectivity index (χ0) is 9.10. The molecule has 0 spiro atoms. The third-order valence-corrected chi connectivity index (χ3v) is 1.78. The Morgan fingerprint density at radius 3 is 3.15 bits per heavy atom. The summed E-state index contributed by atoms with van der Waals surface area (Å²) < 4.78 is 10.4. The predicted molar refractivity (Wildman–Crippen MR) is 48.1 cm³/mol. The standard InChI is InChI=1S/C9H10N2O2/c1-12-7-3-2-4-10-8(7)9-11-5-6-13-9/h2-4H,5-6H2,1H3. The molecule has 4 heteroatoms. The van der Waals surface area contributed by atoms with Gasteiger partial charge in [0, 0.05) is 6.20 Å². The van der Waals surface area contributed by atoms with Crippen LogP contribution in [0, 0.1) is 0 Å². The Hall–Kier alpha value is -1.58. The largest absolute Gasteiger partial charge is 0.494 e. The molecule has 0 bridgehead atoms. The van der Waals surface area contributed by atoms with Crippen molar-refractivity contribution in [1.82, 2.24) is 4.98 Å². The molecule has 0 radical (unpaired) electrons. The van der Waals surface area contributed by atoms with Crippen molar-refractivity contribution >= 4 is 5.90 Å². The fourth-order valence-corrected chi connectivity index (χ4v) is 1.19. The molecule has 1 aromatic rings. The summed E-state index contributed by atoms with van der Waals surface area (Å²) in [6, 6.07) is 3.66. The Balaban J connectivity index is 2.38. The second-order valence-electron chi connectivity index (χ2n) is 2.59. The normalized spacial score (nSPS) is 15.0. The summed E-state index contributed by atoms with van der Waals surface area (Å²) in [7, 11) is 1.61. The van der Waals surface area contributed by atoms with Gasteiger partial charge in [0.2, 0.25) is 5.90 Å². The summed E-state index contributed by atoms with van der Waals surface area (Å²) in [6.07, 6.45) is 1.70. The Labute approximate surface area is 76.2 Å². The number of aromatic nitrogens is 1. The minimum atomic E-state index is 0.581. The van der Waals surface area contributed by atoms with Crippen LogP contribution in [0.2, 0.25) is 0 Å². The third-order valence-electron chi connectivity index (χ3n) is 1.78. The molecule has 0 aliphatic carbocycles. The Morgan fingerprint density at radius 1 is 1.54 bits per heavy atom. The molecule has 4 nitrogen and oxygen atoms in total. The van der Waals surface area contributed by atoms with Crippen LogP contribution in [-0.4, -0.2) is 31.1 Å². The van der Waals surface area contributed by atoms with Crippen LogP contribution < -0.4 is 4.74 Å². The van der Waals surface area contributed by atoms with Gasteiger partial charge in [0.05, 0.1) is 13.7 Å². The van der Waals surface area contributed by atoms with Gasteiger partial charge in [-0.05, 0) is 12.1 Å². The van der Waals surface area contributed by atoms with Crippen molar-refractivity contribution in [3.63, 3.8) is 0 Å². The van der Waals surface area contributed by atoms with E-state index in [1.165, 1.54) is 0 Å². The Morgan fingerprint density at radius 2 is 2.46 bits per heavy atom. The number of pyridine rings is 1. The molecule has 0 atom stereocenters. The van der Waals surface area contributed by atoms with Crippen LogP contribution >= 0.6 is 0 Å². The first-order valence-electron chi connectivity index (χ1n) is 4.08. The van der Waals surface area contributed by atoms with Crippen molar-refractivity contribution in [1.29, 1.82) is 0 Å². The van der Waals surface area contributed by atoms with Crippen LogP contribution in [0.1, 0.15) is 5.69 Å². The van der Waals surface area contributed by atoms with Gasteiger partial charge in [-0.25, -0.2) is 9.98 Å². The maximum atomic E-state index is 5.29. The predicted octanol–water partition coefficient (Wildman–Crippen LogP) is 0.867. The maximum absolute atomic E-state index is 5.29. The molecular weight excluding hydrogens is 168 g/mol. The molecule has 1 aliphatic rings. The highest BCUT2D eigenvalue weighted by Crippen LogP contribution is 2.17. The summed E-state index contributed by atoms with van der Waals surface area (Å²) in [5.74, 6) is 1.28. The summed E-state index contributed by atoms with van der Waals surface area (Å²) in [5.41, 5.74) is 0.683. The van der Waals surface area contributed by atoms with Gasteiger partial charge in [-0.3, -0.25) is 0 Å². The monoisotopic (exact) mass is 178 g/mol. The van der Waals surface area contributed by atoms with Crippen LogP contribution in [0.4, 0.5) is 0 Å². The highest BCUT2D eigenvalue weighted by atomic mass is 16.5. The van der Waals surface area contributed by atoms with Crippen LogP contribution in [0.5, 0.6) is 5.75 Å². The van der Waals surface area contributed by atoms with Gasteiger partial charge in [0.15, 0.2) is 5.69 Å². The summed E-state index contributed by atoms with van der Waals surface area (Å²) >= 11 is 0. The topological polar surface area (TPSA) is 43.7 Å². The molecule has 1 aliphatic heterocycles. The van der Waals surface area contributed by atoms with Gasteiger partial charge in [0.1, 0.15) is 12.4 Å². The smallest absolute Gasteiger partial charge is 0.239 e. The number of aliphatic imine (C=N–C) groups is 1. The van der Waals surface area contributed by atoms with Crippen molar-refractivity contribution in [2.24, 2.45) is 4.99 Å². The van der Waals surface area contributed by atoms with E-state index in [4.69, 9.17) is 9.47 Å². The summed E-state index contributed by atoms with van der Waals surface area (Å²) in [6.45, 7) is 1.34. The van der Waals surface area contributed by atoms with E-state index in [0.29, 0.717) is 30.5 Å². The molecule has 0 saturated carbocycles. The van der Waals surface area contributed by atoms with E-state index < -0.39 is 0 Å². The van der Waals surface area contributed by atoms with Crippen molar-refractivity contribution < 1.29 is 9.47 Å². The molecule has 2 heterocycles. The van der Waals surface area contributed by atoms with E-state index in [0.717, 1.165) is 0 Å². The van der Waals surface area contributed by atoms with E-state index in [9.17, 15) is 0 Å². The average Bonchev–Trinajstić information content (AvgIpc) is 2.70. The second-order valence-corrected chi connectivity index (χ2v) is 2.59. The fourth-order valence-electron chi connectivity index (χ4n) is 1.19. The molecule has 1 aromatic heterocycles. The van der Waals surface area contributed by atoms with Crippen LogP contribution in [0.15, 0.2) is 23.3 Å². The van der Waals surface area contributed by atoms with Gasteiger partial charge in [-0.2, -0.15) is 0 Å². The lowest BCUT2D eigenvalue weighted by molar-refractivity contribution is 0.343. The first-order chi connectivity index (χ1) is 6.42. The number of hydrogen-bond donors (Lipinski definition) is 0. The lowest BCUT2D eigenvalue weighted by Crippen LogP contribution is -2.06. The number of hydrogen-bond acceptors (Lipinski definition) is 4. The van der Waals surface area contributed by atoms with E-state index in [2.05, 4.69) is 9.98 Å². The molecule has 0 amide bonds. The molecule has 13 heavy (non-hydrogen) atoms. The molecule has 0 saturated heterocycles. The van der Waals surface area contributed by atoms with Gasteiger partial charge in [-0.1, -0.05) is 0 Å². The fraction of sp³-hybridized carbons (Fsp3) is 0.333. The number of nitrogens with zero attached hydrogens (tertiary/aromatic N) is 2. The summed E-state index contributed by atoms with van der Waals surface area (Å²) in [5, 5.41) is 0. The summed E-state index contributed by atoms with van der Waals surface area (Å²) in [4.78, 5) is 8.32. The average molecular weight is 178 g/mol. The lowest BCUT2D eigenvalue weighted by atomic mass is 10.3. The van der Waals surface area contributed by atoms with E-state index in [1.54, 1.807) is 13.3 Å². The Bertz CT molecular complexity index is 336. The second kappa shape index (κ2) is 3.43. The number of rotatable bonds is 2. The van der Waals surface area contributed by atoms with Crippen molar-refractivity contribution in [2.45, 2.75) is 0 Å². The maximum Gasteiger partial charge on any atom is 0.239 e. The molecule has 0 unspecified atom stereocenters. The minimum absolute atomic E-state index is 0.581. The van der Waals surface area contributed by atoms with Gasteiger partial charge in [-0.15, -0.1) is 0 Å². The van der Waals surface area contributed by atoms with Crippen molar-refractivity contribution in [3.05, 3.63) is 24.0 Å². The lowest BCUT2D eigenvalue weighted by Gasteiger charge is -2.05. The number of ether oxygens (including phenoxy) is 2. The molecule has 68 valence electrons. The van der Waals surface area contributed by atoms with Gasteiger partial charge >= 0.3 is 0 Å². The van der Waals surface area contributed by atoms with Crippen LogP contribution in [-0.2, 0) is 4.74 Å². The zero-order valence-corrected chi connectivity index (χ0v) is 7.36. The number of methoxy groups -OCH3 is 1. The minimum Gasteiger partial charge on any atom is -0.494 e. The van der Waals surface area contributed by atoms with E-state index in [1.807, 2.05) is 12.1 Å². The third kappa shape index (κ3) is 1.47. The van der Waals surface area contributed by atoms with Crippen LogP contribution in [0.25, 0.3) is 0 Å². The van der Waals surface area contributed by atoms with Gasteiger partial charge in [0.25, 0.3) is 0 Å². The quantitative estimate of drug-likeness (QED) is 0.674.